The molecule has 0 spiro atoms. The van der Waals surface area contributed by atoms with Crippen molar-refractivity contribution in [3.63, 3.8) is 0 Å². The van der Waals surface area contributed by atoms with E-state index in [4.69, 9.17) is 11.8 Å². The molecule has 0 aliphatic carbocycles. The van der Waals surface area contributed by atoms with Gasteiger partial charge in [0.05, 0.1) is 12.0 Å². The standard InChI is InChI=1S/C6H8N2/c1-6(5-7)3-4-8-2/h6H,3-4H2,1H3. The molecule has 0 N–H and O–H groups in total. The molecule has 2 heteroatoms. The van der Waals surface area contributed by atoms with Crippen molar-refractivity contribution in [2.24, 2.45) is 5.92 Å². The van der Waals surface area contributed by atoms with E-state index in [0.29, 0.717) is 13.0 Å². The van der Waals surface area contributed by atoms with Gasteiger partial charge in [-0.05, 0) is 6.92 Å². The minimum absolute atomic E-state index is 0.0455. The van der Waals surface area contributed by atoms with Crippen LogP contribution < -0.4 is 0 Å². The van der Waals surface area contributed by atoms with E-state index < -0.39 is 0 Å². The Morgan fingerprint density at radius 2 is 2.50 bits per heavy atom. The first-order chi connectivity index (χ1) is 3.81. The highest BCUT2D eigenvalue weighted by Crippen LogP contribution is 1.97. The monoisotopic (exact) mass is 108 g/mol. The molecule has 0 aliphatic heterocycles. The van der Waals surface area contributed by atoms with Gasteiger partial charge in [-0.1, -0.05) is 0 Å². The van der Waals surface area contributed by atoms with E-state index in [2.05, 4.69) is 10.9 Å². The lowest BCUT2D eigenvalue weighted by atomic mass is 10.1. The average molecular weight is 108 g/mol. The zero-order valence-electron chi connectivity index (χ0n) is 4.89. The minimum Gasteiger partial charge on any atom is -0.317 e. The van der Waals surface area contributed by atoms with Crippen LogP contribution in [0.2, 0.25) is 0 Å². The van der Waals surface area contributed by atoms with Crippen molar-refractivity contribution in [1.29, 1.82) is 5.26 Å². The van der Waals surface area contributed by atoms with Crippen molar-refractivity contribution >= 4 is 0 Å². The highest BCUT2D eigenvalue weighted by Gasteiger charge is 1.98. The van der Waals surface area contributed by atoms with Crippen molar-refractivity contribution in [3.8, 4) is 6.07 Å². The third-order valence-electron chi connectivity index (χ3n) is 0.894. The normalized spacial score (nSPS) is 11.4. The second-order valence-corrected chi connectivity index (χ2v) is 1.70. The lowest BCUT2D eigenvalue weighted by molar-refractivity contribution is 0.699. The molecule has 1 atom stereocenters. The van der Waals surface area contributed by atoms with Gasteiger partial charge in [-0.2, -0.15) is 5.26 Å². The SMILES string of the molecule is [C-]#[N+]CCC(C)C#N. The van der Waals surface area contributed by atoms with Crippen LogP contribution in [0.25, 0.3) is 4.85 Å². The van der Waals surface area contributed by atoms with Gasteiger partial charge in [-0.25, -0.2) is 6.57 Å². The van der Waals surface area contributed by atoms with E-state index in [-0.39, 0.29) is 5.92 Å². The van der Waals surface area contributed by atoms with Crippen LogP contribution in [0.15, 0.2) is 0 Å². The lowest BCUT2D eigenvalue weighted by Crippen LogP contribution is -1.90. The Bertz CT molecular complexity index is 126. The number of hydrogen-bond donors (Lipinski definition) is 0. The second-order valence-electron chi connectivity index (χ2n) is 1.70. The van der Waals surface area contributed by atoms with Gasteiger partial charge in [0.1, 0.15) is 0 Å². The molecular formula is C6H8N2. The Hall–Kier alpha value is -1.02. The summed E-state index contributed by atoms with van der Waals surface area (Å²) in [6.07, 6.45) is 0.708. The van der Waals surface area contributed by atoms with Crippen LogP contribution in [-0.2, 0) is 0 Å². The summed E-state index contributed by atoms with van der Waals surface area (Å²) >= 11 is 0. The summed E-state index contributed by atoms with van der Waals surface area (Å²) in [6.45, 7) is 8.69. The van der Waals surface area contributed by atoms with E-state index in [0.717, 1.165) is 0 Å². The molecule has 0 aliphatic rings. The molecule has 0 amide bonds. The van der Waals surface area contributed by atoms with Crippen molar-refractivity contribution in [2.45, 2.75) is 13.3 Å². The smallest absolute Gasteiger partial charge is 0.215 e. The summed E-state index contributed by atoms with van der Waals surface area (Å²) in [6, 6.07) is 2.06. The Labute approximate surface area is 49.6 Å². The largest absolute Gasteiger partial charge is 0.317 e. The molecule has 0 rings (SSSR count). The molecule has 0 heterocycles. The van der Waals surface area contributed by atoms with Crippen LogP contribution in [0.3, 0.4) is 0 Å². The van der Waals surface area contributed by atoms with Gasteiger partial charge >= 0.3 is 0 Å². The topological polar surface area (TPSA) is 28.1 Å². The molecule has 8 heavy (non-hydrogen) atoms. The molecule has 0 aromatic rings. The van der Waals surface area contributed by atoms with Gasteiger partial charge in [-0.15, -0.1) is 0 Å². The zero-order valence-corrected chi connectivity index (χ0v) is 4.89. The van der Waals surface area contributed by atoms with Gasteiger partial charge in [0, 0.05) is 6.42 Å². The van der Waals surface area contributed by atoms with Crippen molar-refractivity contribution < 1.29 is 0 Å². The molecule has 0 saturated heterocycles. The molecule has 0 aromatic heterocycles. The second kappa shape index (κ2) is 4.15. The van der Waals surface area contributed by atoms with Gasteiger partial charge in [0.2, 0.25) is 6.54 Å². The van der Waals surface area contributed by atoms with Gasteiger partial charge in [-0.3, -0.25) is 0 Å². The van der Waals surface area contributed by atoms with E-state index in [1.54, 1.807) is 0 Å². The number of nitriles is 1. The first-order valence-corrected chi connectivity index (χ1v) is 2.54. The van der Waals surface area contributed by atoms with Crippen LogP contribution in [0.1, 0.15) is 13.3 Å². The van der Waals surface area contributed by atoms with Gasteiger partial charge in [0.15, 0.2) is 0 Å². The summed E-state index contributed by atoms with van der Waals surface area (Å²) in [7, 11) is 0. The summed E-state index contributed by atoms with van der Waals surface area (Å²) in [5.41, 5.74) is 0. The Morgan fingerprint density at radius 1 is 1.88 bits per heavy atom. The average Bonchev–Trinajstić information content (AvgIpc) is 1.83. The molecular weight excluding hydrogens is 100 g/mol. The molecule has 42 valence electrons. The summed E-state index contributed by atoms with van der Waals surface area (Å²) in [4.78, 5) is 3.12. The number of rotatable bonds is 2. The first kappa shape index (κ1) is 6.98. The summed E-state index contributed by atoms with van der Waals surface area (Å²) in [5, 5.41) is 8.21. The first-order valence-electron chi connectivity index (χ1n) is 2.54. The number of hydrogen-bond acceptors (Lipinski definition) is 1. The maximum Gasteiger partial charge on any atom is 0.215 e. The predicted octanol–water partition coefficient (Wildman–Crippen LogP) is 1.46. The Kier molecular flexibility index (Phi) is 3.62. The third kappa shape index (κ3) is 3.18. The van der Waals surface area contributed by atoms with Crippen LogP contribution in [0.4, 0.5) is 0 Å². The van der Waals surface area contributed by atoms with E-state index in [9.17, 15) is 0 Å². The molecule has 0 radical (unpaired) electrons. The lowest BCUT2D eigenvalue weighted by Gasteiger charge is -1.89. The minimum atomic E-state index is 0.0455. The fraction of sp³-hybridized carbons (Fsp3) is 0.667. The van der Waals surface area contributed by atoms with Gasteiger partial charge in [0.25, 0.3) is 0 Å². The van der Waals surface area contributed by atoms with Crippen molar-refractivity contribution in [3.05, 3.63) is 11.4 Å². The van der Waals surface area contributed by atoms with Crippen LogP contribution in [0.5, 0.6) is 0 Å². The van der Waals surface area contributed by atoms with E-state index >= 15 is 0 Å². The van der Waals surface area contributed by atoms with E-state index in [1.165, 1.54) is 0 Å². The molecule has 0 aromatic carbocycles. The molecule has 0 saturated carbocycles. The Morgan fingerprint density at radius 3 is 2.88 bits per heavy atom. The van der Waals surface area contributed by atoms with E-state index in [1.807, 2.05) is 6.92 Å². The van der Waals surface area contributed by atoms with Crippen LogP contribution >= 0.6 is 0 Å². The van der Waals surface area contributed by atoms with Crippen LogP contribution in [0, 0.1) is 23.8 Å². The highest BCUT2D eigenvalue weighted by atomic mass is 14.6. The summed E-state index contributed by atoms with van der Waals surface area (Å²) in [5.74, 6) is 0.0455. The maximum absolute atomic E-state index is 8.21. The fourth-order valence-electron chi connectivity index (χ4n) is 0.323. The molecule has 0 fully saturated rings. The predicted molar refractivity (Wildman–Crippen MR) is 30.9 cm³/mol. The fourth-order valence-corrected chi connectivity index (χ4v) is 0.323. The van der Waals surface area contributed by atoms with Crippen molar-refractivity contribution in [2.75, 3.05) is 6.54 Å². The van der Waals surface area contributed by atoms with Crippen LogP contribution in [-0.4, -0.2) is 6.54 Å². The third-order valence-corrected chi connectivity index (χ3v) is 0.894. The maximum atomic E-state index is 8.21. The molecule has 2 nitrogen and oxygen atoms in total. The van der Waals surface area contributed by atoms with Gasteiger partial charge < -0.3 is 4.85 Å². The summed E-state index contributed by atoms with van der Waals surface area (Å²) < 4.78 is 0. The number of nitrogens with zero attached hydrogens (tertiary/aromatic N) is 2. The Balaban J connectivity index is 3.18. The molecule has 0 bridgehead atoms. The highest BCUT2D eigenvalue weighted by molar-refractivity contribution is 4.80. The van der Waals surface area contributed by atoms with Crippen molar-refractivity contribution in [1.82, 2.24) is 0 Å². The quantitative estimate of drug-likeness (QED) is 0.492. The zero-order chi connectivity index (χ0) is 6.41. The molecule has 1 unspecified atom stereocenters.